The lowest BCUT2D eigenvalue weighted by Crippen LogP contribution is -2.29. The number of nitrogens with one attached hydrogen (secondary N) is 1. The summed E-state index contributed by atoms with van der Waals surface area (Å²) in [6, 6.07) is 0. The van der Waals surface area contributed by atoms with Gasteiger partial charge in [-0.2, -0.15) is 0 Å². The number of hydrogen-bond donors (Lipinski definition) is 2. The molecule has 92 valence electrons. The number of hydrogen-bond acceptors (Lipinski definition) is 3. The van der Waals surface area contributed by atoms with E-state index in [1.807, 2.05) is 6.08 Å². The molecule has 0 spiro atoms. The summed E-state index contributed by atoms with van der Waals surface area (Å²) in [5.74, 6) is -0.653. The van der Waals surface area contributed by atoms with Gasteiger partial charge in [0.15, 0.2) is 6.61 Å². The maximum atomic E-state index is 10.9. The molecule has 0 atom stereocenters. The molecule has 0 saturated heterocycles. The molecule has 0 bridgehead atoms. The monoisotopic (exact) mass is 228 g/mol. The van der Waals surface area contributed by atoms with Crippen LogP contribution in [0.25, 0.3) is 0 Å². The number of primary amides is 1. The van der Waals surface area contributed by atoms with Crippen molar-refractivity contribution < 1.29 is 14.3 Å². The van der Waals surface area contributed by atoms with E-state index in [1.165, 1.54) is 0 Å². The van der Waals surface area contributed by atoms with Crippen molar-refractivity contribution >= 4 is 12.0 Å². The molecule has 0 aromatic carbocycles. The van der Waals surface area contributed by atoms with Crippen LogP contribution < -0.4 is 11.1 Å². The quantitative estimate of drug-likeness (QED) is 0.461. The second kappa shape index (κ2) is 10.0. The van der Waals surface area contributed by atoms with E-state index in [0.717, 1.165) is 32.1 Å². The molecule has 0 aliphatic rings. The number of unbranched alkanes of at least 4 members (excludes halogenated alkanes) is 4. The van der Waals surface area contributed by atoms with Gasteiger partial charge in [-0.3, -0.25) is 4.79 Å². The van der Waals surface area contributed by atoms with Crippen LogP contribution in [0.15, 0.2) is 12.7 Å². The van der Waals surface area contributed by atoms with Gasteiger partial charge in [-0.05, 0) is 19.3 Å². The highest BCUT2D eigenvalue weighted by atomic mass is 16.6. The molecule has 0 heterocycles. The Hall–Kier alpha value is -1.52. The van der Waals surface area contributed by atoms with Gasteiger partial charge in [0.1, 0.15) is 0 Å². The molecule has 0 rings (SSSR count). The van der Waals surface area contributed by atoms with E-state index < -0.39 is 12.0 Å². The Bertz CT molecular complexity index is 229. The van der Waals surface area contributed by atoms with E-state index in [1.54, 1.807) is 0 Å². The minimum Gasteiger partial charge on any atom is -0.439 e. The smallest absolute Gasteiger partial charge is 0.407 e. The average molecular weight is 228 g/mol. The lowest BCUT2D eigenvalue weighted by Gasteiger charge is -2.04. The average Bonchev–Trinajstić information content (AvgIpc) is 2.25. The summed E-state index contributed by atoms with van der Waals surface area (Å²) in [7, 11) is 0. The number of rotatable bonds is 9. The van der Waals surface area contributed by atoms with Crippen LogP contribution in [0.5, 0.6) is 0 Å². The van der Waals surface area contributed by atoms with Crippen molar-refractivity contribution in [3.63, 3.8) is 0 Å². The molecule has 0 radical (unpaired) electrons. The summed E-state index contributed by atoms with van der Waals surface area (Å²) >= 11 is 0. The van der Waals surface area contributed by atoms with Crippen LogP contribution in [0, 0.1) is 0 Å². The highest BCUT2D eigenvalue weighted by Gasteiger charge is 2.02. The molecule has 0 unspecified atom stereocenters. The number of allylic oxidation sites excluding steroid dienone is 1. The van der Waals surface area contributed by atoms with E-state index in [-0.39, 0.29) is 6.61 Å². The lowest BCUT2D eigenvalue weighted by molar-refractivity contribution is -0.120. The molecule has 2 amide bonds. The fourth-order valence-electron chi connectivity index (χ4n) is 1.15. The van der Waals surface area contributed by atoms with Gasteiger partial charge in [-0.25, -0.2) is 4.79 Å². The zero-order valence-electron chi connectivity index (χ0n) is 9.54. The van der Waals surface area contributed by atoms with Gasteiger partial charge in [-0.1, -0.05) is 18.9 Å². The molecule has 16 heavy (non-hydrogen) atoms. The van der Waals surface area contributed by atoms with Crippen LogP contribution in [0.4, 0.5) is 4.79 Å². The van der Waals surface area contributed by atoms with E-state index in [2.05, 4.69) is 16.6 Å². The topological polar surface area (TPSA) is 81.4 Å². The molecule has 5 heteroatoms. The molecule has 0 aromatic rings. The first-order valence-electron chi connectivity index (χ1n) is 5.46. The number of amides is 2. The highest BCUT2D eigenvalue weighted by molar-refractivity contribution is 5.78. The van der Waals surface area contributed by atoms with Gasteiger partial charge >= 0.3 is 6.09 Å². The second-order valence-electron chi connectivity index (χ2n) is 3.46. The molecule has 0 aromatic heterocycles. The third-order valence-corrected chi connectivity index (χ3v) is 1.95. The van der Waals surface area contributed by atoms with Crippen molar-refractivity contribution in [3.8, 4) is 0 Å². The van der Waals surface area contributed by atoms with E-state index in [0.29, 0.717) is 6.54 Å². The maximum Gasteiger partial charge on any atom is 0.407 e. The highest BCUT2D eigenvalue weighted by Crippen LogP contribution is 2.02. The fraction of sp³-hybridized carbons (Fsp3) is 0.636. The fourth-order valence-corrected chi connectivity index (χ4v) is 1.15. The maximum absolute atomic E-state index is 10.9. The first-order valence-corrected chi connectivity index (χ1v) is 5.46. The van der Waals surface area contributed by atoms with Gasteiger partial charge in [0.05, 0.1) is 0 Å². The Morgan fingerprint density at radius 2 is 1.94 bits per heavy atom. The van der Waals surface area contributed by atoms with Crippen LogP contribution in [0.2, 0.25) is 0 Å². The minimum absolute atomic E-state index is 0.370. The van der Waals surface area contributed by atoms with Crippen LogP contribution in [0.1, 0.15) is 32.1 Å². The number of ether oxygens (including phenoxy) is 1. The lowest BCUT2D eigenvalue weighted by atomic mass is 10.1. The van der Waals surface area contributed by atoms with Crippen molar-refractivity contribution in [1.82, 2.24) is 5.32 Å². The standard InChI is InChI=1S/C11H20N2O3/c1-2-3-4-5-6-7-8-13-11(15)16-9-10(12)14/h2H,1,3-9H2,(H2,12,14)(H,13,15). The summed E-state index contributed by atoms with van der Waals surface area (Å²) in [4.78, 5) is 21.2. The zero-order chi connectivity index (χ0) is 12.2. The first-order chi connectivity index (χ1) is 7.66. The van der Waals surface area contributed by atoms with Crippen molar-refractivity contribution in [2.24, 2.45) is 5.73 Å². The van der Waals surface area contributed by atoms with Crippen LogP contribution >= 0.6 is 0 Å². The number of carbonyl (C=O) groups excluding carboxylic acids is 2. The molecule has 0 saturated carbocycles. The Balaban J connectivity index is 3.21. The van der Waals surface area contributed by atoms with Crippen LogP contribution in [0.3, 0.4) is 0 Å². The summed E-state index contributed by atoms with van der Waals surface area (Å²) in [5, 5.41) is 2.54. The molecule has 0 aliphatic heterocycles. The van der Waals surface area contributed by atoms with Crippen molar-refractivity contribution in [1.29, 1.82) is 0 Å². The van der Waals surface area contributed by atoms with E-state index in [9.17, 15) is 9.59 Å². The van der Waals surface area contributed by atoms with Crippen LogP contribution in [-0.4, -0.2) is 25.2 Å². The molecule has 0 fully saturated rings. The molecule has 5 nitrogen and oxygen atoms in total. The summed E-state index contributed by atoms with van der Waals surface area (Å²) in [6.45, 7) is 3.83. The normalized spacial score (nSPS) is 9.50. The Morgan fingerprint density at radius 1 is 1.25 bits per heavy atom. The van der Waals surface area contributed by atoms with Gasteiger partial charge in [0.25, 0.3) is 5.91 Å². The van der Waals surface area contributed by atoms with Crippen molar-refractivity contribution in [2.45, 2.75) is 32.1 Å². The first kappa shape index (κ1) is 14.5. The van der Waals surface area contributed by atoms with Gasteiger partial charge < -0.3 is 15.8 Å². The summed E-state index contributed by atoms with van der Waals surface area (Å²) in [6.07, 6.45) is 6.57. The molecule has 0 aliphatic carbocycles. The zero-order valence-corrected chi connectivity index (χ0v) is 9.54. The number of alkyl carbamates (subject to hydrolysis) is 1. The molecule has 3 N–H and O–H groups in total. The SMILES string of the molecule is C=CCCCCCCNC(=O)OCC(N)=O. The predicted molar refractivity (Wildman–Crippen MR) is 61.8 cm³/mol. The van der Waals surface area contributed by atoms with Gasteiger partial charge in [0.2, 0.25) is 0 Å². The minimum atomic E-state index is -0.653. The van der Waals surface area contributed by atoms with Gasteiger partial charge in [0, 0.05) is 6.54 Å². The number of carbonyl (C=O) groups is 2. The van der Waals surface area contributed by atoms with E-state index in [4.69, 9.17) is 5.73 Å². The summed E-state index contributed by atoms with van der Waals surface area (Å²) in [5.41, 5.74) is 4.81. The third kappa shape index (κ3) is 10.6. The molecular weight excluding hydrogens is 208 g/mol. The third-order valence-electron chi connectivity index (χ3n) is 1.95. The summed E-state index contributed by atoms with van der Waals surface area (Å²) < 4.78 is 4.51. The van der Waals surface area contributed by atoms with Gasteiger partial charge in [-0.15, -0.1) is 6.58 Å². The second-order valence-corrected chi connectivity index (χ2v) is 3.46. The van der Waals surface area contributed by atoms with Crippen LogP contribution in [-0.2, 0) is 9.53 Å². The largest absolute Gasteiger partial charge is 0.439 e. The van der Waals surface area contributed by atoms with Crippen molar-refractivity contribution in [3.05, 3.63) is 12.7 Å². The Labute approximate surface area is 96.0 Å². The Kier molecular flexibility index (Phi) is 9.06. The number of nitrogens with two attached hydrogens (primary N) is 1. The van der Waals surface area contributed by atoms with E-state index >= 15 is 0 Å². The predicted octanol–water partition coefficient (Wildman–Crippen LogP) is 1.33. The molecular formula is C11H20N2O3. The Morgan fingerprint density at radius 3 is 2.56 bits per heavy atom. The van der Waals surface area contributed by atoms with Crippen molar-refractivity contribution in [2.75, 3.05) is 13.2 Å².